The molecule has 0 aromatic heterocycles. The summed E-state index contributed by atoms with van der Waals surface area (Å²) in [4.78, 5) is 1.92. The Morgan fingerprint density at radius 1 is 1.39 bits per heavy atom. The molecule has 104 valence electrons. The van der Waals surface area contributed by atoms with Gasteiger partial charge in [-0.2, -0.15) is 0 Å². The first-order chi connectivity index (χ1) is 8.20. The van der Waals surface area contributed by atoms with E-state index in [0.717, 1.165) is 12.1 Å². The van der Waals surface area contributed by atoms with E-state index in [1.54, 1.807) is 6.92 Å². The average Bonchev–Trinajstić information content (AvgIpc) is 2.32. The molecule has 0 heterocycles. The van der Waals surface area contributed by atoms with E-state index in [4.69, 9.17) is 0 Å². The third-order valence-electron chi connectivity index (χ3n) is 3.30. The van der Waals surface area contributed by atoms with Crippen LogP contribution >= 0.6 is 0 Å². The van der Waals surface area contributed by atoms with E-state index in [9.17, 15) is 5.11 Å². The maximum atomic E-state index is 10.4. The SMILES string of the molecule is C=C(/C=C\C(=C)C(C)(O)CCC(C)NC)N(C)C. The molecule has 2 atom stereocenters. The highest BCUT2D eigenvalue weighted by atomic mass is 16.3. The normalized spacial score (nSPS) is 16.3. The van der Waals surface area contributed by atoms with Crippen molar-refractivity contribution in [3.05, 3.63) is 36.6 Å². The lowest BCUT2D eigenvalue weighted by molar-refractivity contribution is 0.0880. The summed E-state index contributed by atoms with van der Waals surface area (Å²) in [6, 6.07) is 0.394. The van der Waals surface area contributed by atoms with Crippen LogP contribution in [-0.2, 0) is 0 Å². The number of nitrogens with one attached hydrogen (secondary N) is 1. The number of nitrogens with zero attached hydrogens (tertiary/aromatic N) is 1. The Kier molecular flexibility index (Phi) is 6.96. The number of likely N-dealkylation sites (N-methyl/N-ethyl adjacent to an activating group) is 1. The minimum absolute atomic E-state index is 0.394. The molecule has 0 amide bonds. The summed E-state index contributed by atoms with van der Waals surface area (Å²) in [6.07, 6.45) is 5.31. The van der Waals surface area contributed by atoms with Crippen LogP contribution in [0.1, 0.15) is 26.7 Å². The number of allylic oxidation sites excluding steroid dienone is 1. The van der Waals surface area contributed by atoms with E-state index in [1.807, 2.05) is 38.2 Å². The Morgan fingerprint density at radius 2 is 1.94 bits per heavy atom. The van der Waals surface area contributed by atoms with Crippen LogP contribution in [0.4, 0.5) is 0 Å². The number of rotatable bonds is 8. The summed E-state index contributed by atoms with van der Waals surface area (Å²) >= 11 is 0. The summed E-state index contributed by atoms with van der Waals surface area (Å²) in [5.41, 5.74) is 0.734. The summed E-state index contributed by atoms with van der Waals surface area (Å²) < 4.78 is 0. The van der Waals surface area contributed by atoms with Gasteiger partial charge < -0.3 is 15.3 Å². The molecule has 2 N–H and O–H groups in total. The van der Waals surface area contributed by atoms with Crippen molar-refractivity contribution >= 4 is 0 Å². The van der Waals surface area contributed by atoms with Gasteiger partial charge in [-0.3, -0.25) is 0 Å². The van der Waals surface area contributed by atoms with Crippen molar-refractivity contribution in [3.63, 3.8) is 0 Å². The topological polar surface area (TPSA) is 35.5 Å². The molecule has 2 unspecified atom stereocenters. The average molecular weight is 252 g/mol. The van der Waals surface area contributed by atoms with E-state index < -0.39 is 5.60 Å². The number of hydrogen-bond acceptors (Lipinski definition) is 3. The highest BCUT2D eigenvalue weighted by molar-refractivity contribution is 5.29. The quantitative estimate of drug-likeness (QED) is 0.651. The van der Waals surface area contributed by atoms with Crippen LogP contribution in [0.5, 0.6) is 0 Å². The molecule has 0 rings (SSSR count). The molecule has 0 aromatic carbocycles. The Hall–Kier alpha value is -1.06. The zero-order valence-corrected chi connectivity index (χ0v) is 12.5. The van der Waals surface area contributed by atoms with Gasteiger partial charge in [0.15, 0.2) is 0 Å². The van der Waals surface area contributed by atoms with Gasteiger partial charge in [-0.25, -0.2) is 0 Å². The third-order valence-corrected chi connectivity index (χ3v) is 3.30. The van der Waals surface area contributed by atoms with Crippen molar-refractivity contribution in [1.82, 2.24) is 10.2 Å². The highest BCUT2D eigenvalue weighted by Gasteiger charge is 2.22. The molecule has 0 saturated carbocycles. The first kappa shape index (κ1) is 16.9. The van der Waals surface area contributed by atoms with Gasteiger partial charge in [0, 0.05) is 25.8 Å². The zero-order valence-electron chi connectivity index (χ0n) is 12.5. The lowest BCUT2D eigenvalue weighted by Crippen LogP contribution is -2.30. The van der Waals surface area contributed by atoms with Crippen LogP contribution in [0.2, 0.25) is 0 Å². The van der Waals surface area contributed by atoms with Crippen LogP contribution < -0.4 is 5.32 Å². The summed E-state index contributed by atoms with van der Waals surface area (Å²) in [5, 5.41) is 13.5. The summed E-state index contributed by atoms with van der Waals surface area (Å²) in [5.74, 6) is 0. The van der Waals surface area contributed by atoms with Gasteiger partial charge in [-0.1, -0.05) is 19.2 Å². The molecule has 0 aromatic rings. The van der Waals surface area contributed by atoms with Crippen LogP contribution in [0.15, 0.2) is 36.6 Å². The molecule has 0 saturated heterocycles. The van der Waals surface area contributed by atoms with Gasteiger partial charge in [0.05, 0.1) is 5.60 Å². The summed E-state index contributed by atoms with van der Waals surface area (Å²) in [6.45, 7) is 11.8. The molecular weight excluding hydrogens is 224 g/mol. The standard InChI is InChI=1S/C15H28N2O/c1-12(8-9-14(3)17(6)7)15(4,18)11-10-13(2)16-5/h8-9,13,16,18H,1,3,10-11H2,2,4-7H3/b9-8-. The largest absolute Gasteiger partial charge is 0.385 e. The van der Waals surface area contributed by atoms with Crippen molar-refractivity contribution < 1.29 is 5.11 Å². The smallest absolute Gasteiger partial charge is 0.0863 e. The molecular formula is C15H28N2O. The maximum absolute atomic E-state index is 10.4. The molecule has 0 aliphatic carbocycles. The lowest BCUT2D eigenvalue weighted by Gasteiger charge is -2.26. The first-order valence-electron chi connectivity index (χ1n) is 6.34. The van der Waals surface area contributed by atoms with Crippen LogP contribution in [0.3, 0.4) is 0 Å². The monoisotopic (exact) mass is 252 g/mol. The fraction of sp³-hybridized carbons (Fsp3) is 0.600. The number of aliphatic hydroxyl groups is 1. The molecule has 0 aliphatic rings. The molecule has 0 spiro atoms. The van der Waals surface area contributed by atoms with E-state index >= 15 is 0 Å². The molecule has 0 aliphatic heterocycles. The van der Waals surface area contributed by atoms with Gasteiger partial charge in [0.2, 0.25) is 0 Å². The second kappa shape index (κ2) is 7.39. The fourth-order valence-corrected chi connectivity index (χ4v) is 1.33. The van der Waals surface area contributed by atoms with Crippen molar-refractivity contribution in [3.8, 4) is 0 Å². The minimum atomic E-state index is -0.867. The lowest BCUT2D eigenvalue weighted by atomic mass is 9.90. The predicted molar refractivity (Wildman–Crippen MR) is 79.5 cm³/mol. The maximum Gasteiger partial charge on any atom is 0.0863 e. The third kappa shape index (κ3) is 6.03. The molecule has 0 radical (unpaired) electrons. The molecule has 3 heteroatoms. The van der Waals surface area contributed by atoms with Crippen molar-refractivity contribution in [2.75, 3.05) is 21.1 Å². The van der Waals surface area contributed by atoms with Crippen LogP contribution in [0.25, 0.3) is 0 Å². The molecule has 0 bridgehead atoms. The van der Waals surface area contributed by atoms with E-state index in [-0.39, 0.29) is 0 Å². The van der Waals surface area contributed by atoms with Crippen molar-refractivity contribution in [2.24, 2.45) is 0 Å². The second-order valence-corrected chi connectivity index (χ2v) is 5.25. The van der Waals surface area contributed by atoms with Gasteiger partial charge in [-0.05, 0) is 45.4 Å². The van der Waals surface area contributed by atoms with Gasteiger partial charge in [0.1, 0.15) is 0 Å². The van der Waals surface area contributed by atoms with Crippen molar-refractivity contribution in [1.29, 1.82) is 0 Å². The van der Waals surface area contributed by atoms with Gasteiger partial charge >= 0.3 is 0 Å². The Bertz CT molecular complexity index is 316. The Morgan fingerprint density at radius 3 is 2.39 bits per heavy atom. The van der Waals surface area contributed by atoms with E-state index in [1.165, 1.54) is 0 Å². The second-order valence-electron chi connectivity index (χ2n) is 5.25. The first-order valence-corrected chi connectivity index (χ1v) is 6.34. The molecule has 0 fully saturated rings. The highest BCUT2D eigenvalue weighted by Crippen LogP contribution is 2.23. The van der Waals surface area contributed by atoms with Gasteiger partial charge in [0.25, 0.3) is 0 Å². The predicted octanol–water partition coefficient (Wildman–Crippen LogP) is 2.31. The number of hydrogen-bond donors (Lipinski definition) is 2. The Labute approximate surface area is 112 Å². The van der Waals surface area contributed by atoms with Crippen LogP contribution in [0, 0.1) is 0 Å². The van der Waals surface area contributed by atoms with Crippen LogP contribution in [-0.4, -0.2) is 42.8 Å². The zero-order chi connectivity index (χ0) is 14.3. The Balaban J connectivity index is 4.43. The molecule has 3 nitrogen and oxygen atoms in total. The fourth-order valence-electron chi connectivity index (χ4n) is 1.33. The summed E-state index contributed by atoms with van der Waals surface area (Å²) in [7, 11) is 5.79. The van der Waals surface area contributed by atoms with Gasteiger partial charge in [-0.15, -0.1) is 0 Å². The van der Waals surface area contributed by atoms with E-state index in [2.05, 4.69) is 25.4 Å². The van der Waals surface area contributed by atoms with Crippen molar-refractivity contribution in [2.45, 2.75) is 38.3 Å². The van der Waals surface area contributed by atoms with E-state index in [0.29, 0.717) is 18.0 Å². The minimum Gasteiger partial charge on any atom is -0.385 e. The molecule has 18 heavy (non-hydrogen) atoms.